The molecule has 1 saturated heterocycles. The summed E-state index contributed by atoms with van der Waals surface area (Å²) in [4.78, 5) is 30.8. The van der Waals surface area contributed by atoms with Crippen molar-refractivity contribution in [1.82, 2.24) is 24.2 Å². The second-order valence-electron chi connectivity index (χ2n) is 8.96. The number of carbonyl (C=O) groups excluding carboxylic acids is 1. The molecule has 2 aliphatic heterocycles. The number of sulfonamides is 1. The number of aromatic nitrogens is 3. The zero-order valence-corrected chi connectivity index (χ0v) is 20.8. The Hall–Kier alpha value is -3.31. The number of pyridine rings is 1. The Kier molecular flexibility index (Phi) is 6.28. The minimum atomic E-state index is -3.24. The highest BCUT2D eigenvalue weighted by molar-refractivity contribution is 7.88. The molecule has 4 heterocycles. The van der Waals surface area contributed by atoms with Gasteiger partial charge in [-0.05, 0) is 24.1 Å². The van der Waals surface area contributed by atoms with Crippen LogP contribution in [-0.2, 0) is 23.1 Å². The molecule has 0 unspecified atom stereocenters. The number of piperazine rings is 1. The van der Waals surface area contributed by atoms with Gasteiger partial charge < -0.3 is 15.1 Å². The van der Waals surface area contributed by atoms with Gasteiger partial charge in [0, 0.05) is 56.4 Å². The molecule has 0 spiro atoms. The van der Waals surface area contributed by atoms with Crippen LogP contribution in [0.2, 0.25) is 0 Å². The molecule has 2 aliphatic rings. The van der Waals surface area contributed by atoms with Crippen molar-refractivity contribution in [1.29, 1.82) is 0 Å². The van der Waals surface area contributed by atoms with Gasteiger partial charge in [0.1, 0.15) is 11.5 Å². The summed E-state index contributed by atoms with van der Waals surface area (Å²) >= 11 is 0. The second-order valence-corrected chi connectivity index (χ2v) is 10.9. The fourth-order valence-corrected chi connectivity index (χ4v) is 5.39. The number of benzene rings is 1. The maximum absolute atomic E-state index is 13.1. The van der Waals surface area contributed by atoms with Crippen LogP contribution in [0.25, 0.3) is 10.9 Å². The van der Waals surface area contributed by atoms with Gasteiger partial charge in [-0.2, -0.15) is 9.29 Å². The van der Waals surface area contributed by atoms with E-state index in [0.29, 0.717) is 63.3 Å². The molecule has 10 nitrogen and oxygen atoms in total. The van der Waals surface area contributed by atoms with Crippen LogP contribution in [0.5, 0.6) is 0 Å². The number of hydrogen-bond acceptors (Lipinski definition) is 8. The molecule has 0 bridgehead atoms. The van der Waals surface area contributed by atoms with Crippen molar-refractivity contribution in [2.75, 3.05) is 49.2 Å². The average molecular weight is 496 g/mol. The fourth-order valence-electron chi connectivity index (χ4n) is 4.57. The highest BCUT2D eigenvalue weighted by Gasteiger charge is 2.34. The molecule has 0 saturated carbocycles. The predicted molar refractivity (Wildman–Crippen MR) is 135 cm³/mol. The van der Waals surface area contributed by atoms with Gasteiger partial charge in [0.05, 0.1) is 18.3 Å². The number of nitrogens with zero attached hydrogens (tertiary/aromatic N) is 6. The van der Waals surface area contributed by atoms with Crippen LogP contribution in [0.1, 0.15) is 35.0 Å². The molecule has 2 aromatic heterocycles. The van der Waals surface area contributed by atoms with Crippen LogP contribution in [0.4, 0.5) is 11.8 Å². The van der Waals surface area contributed by atoms with Crippen LogP contribution < -0.4 is 10.2 Å². The van der Waals surface area contributed by atoms with Gasteiger partial charge in [0.25, 0.3) is 5.91 Å². The number of carbonyl (C=O) groups is 1. The molecule has 1 amide bonds. The van der Waals surface area contributed by atoms with E-state index in [-0.39, 0.29) is 5.91 Å². The van der Waals surface area contributed by atoms with Crippen LogP contribution in [-0.4, -0.2) is 77.5 Å². The van der Waals surface area contributed by atoms with Crippen LogP contribution in [0, 0.1) is 0 Å². The molecule has 1 N–H and O–H groups in total. The normalized spacial score (nSPS) is 16.7. The fraction of sp³-hybridized carbons (Fsp3) is 0.417. The number of rotatable bonds is 7. The minimum Gasteiger partial charge on any atom is -0.365 e. The lowest BCUT2D eigenvalue weighted by molar-refractivity contribution is 0.0774. The van der Waals surface area contributed by atoms with Gasteiger partial charge in [-0.1, -0.05) is 25.1 Å². The first kappa shape index (κ1) is 23.4. The molecule has 0 atom stereocenters. The Morgan fingerprint density at radius 2 is 1.86 bits per heavy atom. The van der Waals surface area contributed by atoms with Gasteiger partial charge in [0.2, 0.25) is 16.0 Å². The summed E-state index contributed by atoms with van der Waals surface area (Å²) in [5.74, 6) is 0.995. The number of hydrogen-bond donors (Lipinski definition) is 1. The predicted octanol–water partition coefficient (Wildman–Crippen LogP) is 2.08. The van der Waals surface area contributed by atoms with E-state index in [1.54, 1.807) is 4.90 Å². The third-order valence-electron chi connectivity index (χ3n) is 6.43. The van der Waals surface area contributed by atoms with E-state index in [2.05, 4.69) is 21.4 Å². The van der Waals surface area contributed by atoms with Crippen LogP contribution in [0.3, 0.4) is 0 Å². The molecular formula is C24H29N7O3S. The van der Waals surface area contributed by atoms with Crippen LogP contribution >= 0.6 is 0 Å². The van der Waals surface area contributed by atoms with Gasteiger partial charge in [-0.3, -0.25) is 9.78 Å². The van der Waals surface area contributed by atoms with Crippen molar-refractivity contribution in [3.05, 3.63) is 53.3 Å². The van der Waals surface area contributed by atoms with E-state index in [0.717, 1.165) is 28.5 Å². The summed E-state index contributed by atoms with van der Waals surface area (Å²) in [6.45, 7) is 5.33. The summed E-state index contributed by atoms with van der Waals surface area (Å²) in [5, 5.41) is 4.48. The Morgan fingerprint density at radius 1 is 1.09 bits per heavy atom. The zero-order valence-electron chi connectivity index (χ0n) is 19.9. The van der Waals surface area contributed by atoms with Crippen molar-refractivity contribution in [3.63, 3.8) is 0 Å². The molecule has 0 aliphatic carbocycles. The van der Waals surface area contributed by atoms with E-state index >= 15 is 0 Å². The lowest BCUT2D eigenvalue weighted by atomic mass is 10.1. The third-order valence-corrected chi connectivity index (χ3v) is 7.73. The number of amides is 1. The number of nitrogens with one attached hydrogen (secondary N) is 1. The molecule has 5 rings (SSSR count). The van der Waals surface area contributed by atoms with Gasteiger partial charge >= 0.3 is 0 Å². The highest BCUT2D eigenvalue weighted by atomic mass is 32.2. The van der Waals surface area contributed by atoms with Crippen molar-refractivity contribution in [2.24, 2.45) is 0 Å². The first-order valence-corrected chi connectivity index (χ1v) is 13.7. The first-order valence-electron chi connectivity index (χ1n) is 11.8. The Balaban J connectivity index is 1.42. The molecule has 1 aromatic carbocycles. The van der Waals surface area contributed by atoms with E-state index in [1.807, 2.05) is 42.3 Å². The summed E-state index contributed by atoms with van der Waals surface area (Å²) in [6.07, 6.45) is 3.93. The molecule has 3 aromatic rings. The molecule has 0 radical (unpaired) electrons. The topological polar surface area (TPSA) is 112 Å². The van der Waals surface area contributed by atoms with E-state index in [9.17, 15) is 13.2 Å². The smallest absolute Gasteiger partial charge is 0.273 e. The van der Waals surface area contributed by atoms with Gasteiger partial charge in [-0.15, -0.1) is 0 Å². The molecule has 35 heavy (non-hydrogen) atoms. The van der Waals surface area contributed by atoms with Crippen molar-refractivity contribution in [3.8, 4) is 0 Å². The monoisotopic (exact) mass is 495 g/mol. The maximum atomic E-state index is 13.1. The Bertz CT molecular complexity index is 1370. The lowest BCUT2D eigenvalue weighted by Crippen LogP contribution is -2.49. The van der Waals surface area contributed by atoms with Gasteiger partial charge in [0.15, 0.2) is 0 Å². The number of para-hydroxylation sites is 1. The molecular weight excluding hydrogens is 466 g/mol. The summed E-state index contributed by atoms with van der Waals surface area (Å²) in [7, 11) is -3.24. The quantitative estimate of drug-likeness (QED) is 0.530. The summed E-state index contributed by atoms with van der Waals surface area (Å²) in [5.41, 5.74) is 3.17. The van der Waals surface area contributed by atoms with Crippen molar-refractivity contribution < 1.29 is 13.2 Å². The van der Waals surface area contributed by atoms with Crippen molar-refractivity contribution >= 4 is 38.6 Å². The summed E-state index contributed by atoms with van der Waals surface area (Å²) in [6, 6.07) is 10.1. The highest BCUT2D eigenvalue weighted by Crippen LogP contribution is 2.30. The molecule has 1 fully saturated rings. The summed E-state index contributed by atoms with van der Waals surface area (Å²) < 4.78 is 25.2. The van der Waals surface area contributed by atoms with E-state index in [4.69, 9.17) is 4.98 Å². The van der Waals surface area contributed by atoms with Crippen LogP contribution in [0.15, 0.2) is 36.5 Å². The Morgan fingerprint density at radius 3 is 2.60 bits per heavy atom. The standard InChI is InChI=1S/C24H29N7O3S/c1-3-8-30-16-19-21(23(30)32)27-24(29-9-11-31(12-10-29)35(2,33)34)28-22(19)26-15-17-13-18-6-4-5-7-20(18)25-14-17/h4-7,13-14H,3,8-12,15-16H2,1-2H3,(H,26,27,28). The van der Waals surface area contributed by atoms with E-state index < -0.39 is 10.0 Å². The maximum Gasteiger partial charge on any atom is 0.273 e. The molecule has 11 heteroatoms. The average Bonchev–Trinajstić information content (AvgIpc) is 3.17. The number of anilines is 2. The zero-order chi connectivity index (χ0) is 24.6. The third kappa shape index (κ3) is 4.78. The number of fused-ring (bicyclic) bond motifs is 2. The second kappa shape index (κ2) is 9.38. The molecule has 184 valence electrons. The minimum absolute atomic E-state index is 0.0873. The van der Waals surface area contributed by atoms with Gasteiger partial charge in [-0.25, -0.2) is 13.4 Å². The lowest BCUT2D eigenvalue weighted by Gasteiger charge is -2.33. The first-order chi connectivity index (χ1) is 16.8. The largest absolute Gasteiger partial charge is 0.365 e. The van der Waals surface area contributed by atoms with E-state index in [1.165, 1.54) is 10.6 Å². The van der Waals surface area contributed by atoms with Crippen molar-refractivity contribution in [2.45, 2.75) is 26.4 Å². The Labute approximate surface area is 205 Å². The SMILES string of the molecule is CCCN1Cc2c(NCc3cnc4ccccc4c3)nc(N3CCN(S(C)(=O)=O)CC3)nc2C1=O.